The van der Waals surface area contributed by atoms with E-state index in [1.54, 1.807) is 6.07 Å². The van der Waals surface area contributed by atoms with Gasteiger partial charge in [0.15, 0.2) is 0 Å². The molecule has 0 aliphatic carbocycles. The van der Waals surface area contributed by atoms with Crippen LogP contribution in [0.1, 0.15) is 45.2 Å². The third kappa shape index (κ3) is 7.58. The van der Waals surface area contributed by atoms with Gasteiger partial charge in [-0.05, 0) is 50.0 Å². The lowest BCUT2D eigenvalue weighted by molar-refractivity contribution is 0.299. The standard InChI is InChI=1S/C18H31FN2/c1-14(2)8-9-21(5)13-17-10-16(6-7-18(17)19)12-20-11-15(3)4/h6-7,10,14-15,20H,8-9,11-13H2,1-5H3. The van der Waals surface area contributed by atoms with Crippen LogP contribution in [0.25, 0.3) is 0 Å². The van der Waals surface area contributed by atoms with Gasteiger partial charge < -0.3 is 10.2 Å². The van der Waals surface area contributed by atoms with E-state index in [1.165, 1.54) is 0 Å². The summed E-state index contributed by atoms with van der Waals surface area (Å²) in [4.78, 5) is 2.20. The zero-order chi connectivity index (χ0) is 15.8. The third-order valence-corrected chi connectivity index (χ3v) is 3.52. The van der Waals surface area contributed by atoms with Crippen molar-refractivity contribution in [1.82, 2.24) is 10.2 Å². The minimum absolute atomic E-state index is 0.0981. The molecule has 0 radical (unpaired) electrons. The Labute approximate surface area is 129 Å². The molecule has 0 aliphatic rings. The molecule has 1 rings (SSSR count). The van der Waals surface area contributed by atoms with E-state index in [0.717, 1.165) is 37.2 Å². The molecule has 0 heterocycles. The molecule has 0 amide bonds. The first-order valence-corrected chi connectivity index (χ1v) is 8.05. The van der Waals surface area contributed by atoms with Crippen LogP contribution in [-0.4, -0.2) is 25.0 Å². The van der Waals surface area contributed by atoms with Gasteiger partial charge in [0.1, 0.15) is 5.82 Å². The maximum Gasteiger partial charge on any atom is 0.127 e. The fourth-order valence-corrected chi connectivity index (χ4v) is 2.21. The van der Waals surface area contributed by atoms with E-state index in [4.69, 9.17) is 0 Å². The zero-order valence-electron chi connectivity index (χ0n) is 14.2. The summed E-state index contributed by atoms with van der Waals surface area (Å²) in [5.41, 5.74) is 1.95. The first-order chi connectivity index (χ1) is 9.88. The Kier molecular flexibility index (Phi) is 7.91. The summed E-state index contributed by atoms with van der Waals surface area (Å²) in [6.45, 7) is 12.3. The molecule has 0 aliphatic heterocycles. The molecule has 0 bridgehead atoms. The van der Waals surface area contributed by atoms with Crippen LogP contribution in [0.2, 0.25) is 0 Å². The van der Waals surface area contributed by atoms with E-state index in [9.17, 15) is 4.39 Å². The van der Waals surface area contributed by atoms with Gasteiger partial charge in [0.2, 0.25) is 0 Å². The van der Waals surface area contributed by atoms with E-state index in [2.05, 4.69) is 45.0 Å². The molecule has 0 fully saturated rings. The van der Waals surface area contributed by atoms with Crippen LogP contribution in [0, 0.1) is 17.7 Å². The molecule has 0 saturated heterocycles. The Hall–Kier alpha value is -0.930. The van der Waals surface area contributed by atoms with Crippen molar-refractivity contribution in [2.75, 3.05) is 20.1 Å². The molecule has 21 heavy (non-hydrogen) atoms. The lowest BCUT2D eigenvalue weighted by Crippen LogP contribution is -2.22. The normalized spacial score (nSPS) is 11.9. The second kappa shape index (κ2) is 9.16. The van der Waals surface area contributed by atoms with Crippen molar-refractivity contribution < 1.29 is 4.39 Å². The summed E-state index contributed by atoms with van der Waals surface area (Å²) >= 11 is 0. The molecule has 3 heteroatoms. The van der Waals surface area contributed by atoms with Gasteiger partial charge in [0.25, 0.3) is 0 Å². The molecular formula is C18H31FN2. The van der Waals surface area contributed by atoms with E-state index in [1.807, 2.05) is 12.1 Å². The predicted molar refractivity (Wildman–Crippen MR) is 88.7 cm³/mol. The van der Waals surface area contributed by atoms with Crippen LogP contribution < -0.4 is 5.32 Å². The van der Waals surface area contributed by atoms with Crippen molar-refractivity contribution in [3.8, 4) is 0 Å². The number of halogens is 1. The average Bonchev–Trinajstić information content (AvgIpc) is 2.39. The lowest BCUT2D eigenvalue weighted by Gasteiger charge is -2.19. The number of nitrogens with one attached hydrogen (secondary N) is 1. The maximum atomic E-state index is 13.9. The second-order valence-electron chi connectivity index (χ2n) is 6.87. The highest BCUT2D eigenvalue weighted by Crippen LogP contribution is 2.13. The van der Waals surface area contributed by atoms with E-state index in [-0.39, 0.29) is 5.82 Å². The second-order valence-corrected chi connectivity index (χ2v) is 6.87. The number of nitrogens with zero attached hydrogens (tertiary/aromatic N) is 1. The summed E-state index contributed by atoms with van der Waals surface area (Å²) < 4.78 is 13.9. The molecular weight excluding hydrogens is 263 g/mol. The lowest BCUT2D eigenvalue weighted by atomic mass is 10.1. The number of hydrogen-bond donors (Lipinski definition) is 1. The van der Waals surface area contributed by atoms with Crippen molar-refractivity contribution in [2.24, 2.45) is 11.8 Å². The summed E-state index contributed by atoms with van der Waals surface area (Å²) in [6, 6.07) is 5.47. The Balaban J connectivity index is 2.56. The molecule has 0 unspecified atom stereocenters. The third-order valence-electron chi connectivity index (χ3n) is 3.52. The maximum absolute atomic E-state index is 13.9. The van der Waals surface area contributed by atoms with Crippen LogP contribution in [0.4, 0.5) is 4.39 Å². The van der Waals surface area contributed by atoms with E-state index >= 15 is 0 Å². The summed E-state index contributed by atoms with van der Waals surface area (Å²) in [5, 5.41) is 3.41. The monoisotopic (exact) mass is 294 g/mol. The molecule has 0 spiro atoms. The fraction of sp³-hybridized carbons (Fsp3) is 0.667. The Morgan fingerprint density at radius 1 is 1.14 bits per heavy atom. The van der Waals surface area contributed by atoms with E-state index in [0.29, 0.717) is 18.4 Å². The Bertz CT molecular complexity index is 416. The molecule has 0 atom stereocenters. The van der Waals surface area contributed by atoms with Crippen molar-refractivity contribution in [3.05, 3.63) is 35.1 Å². The van der Waals surface area contributed by atoms with Gasteiger partial charge in [-0.15, -0.1) is 0 Å². The van der Waals surface area contributed by atoms with Gasteiger partial charge in [0, 0.05) is 18.7 Å². The quantitative estimate of drug-likeness (QED) is 0.739. The largest absolute Gasteiger partial charge is 0.312 e. The molecule has 0 saturated carbocycles. The van der Waals surface area contributed by atoms with Crippen molar-refractivity contribution in [1.29, 1.82) is 0 Å². The Morgan fingerprint density at radius 2 is 1.86 bits per heavy atom. The number of benzene rings is 1. The van der Waals surface area contributed by atoms with E-state index < -0.39 is 0 Å². The van der Waals surface area contributed by atoms with Gasteiger partial charge in [-0.3, -0.25) is 0 Å². The van der Waals surface area contributed by atoms with Crippen LogP contribution in [0.3, 0.4) is 0 Å². The molecule has 120 valence electrons. The SMILES string of the molecule is CC(C)CCN(C)Cc1cc(CNCC(C)C)ccc1F. The van der Waals surface area contributed by atoms with Crippen molar-refractivity contribution in [3.63, 3.8) is 0 Å². The minimum Gasteiger partial charge on any atom is -0.312 e. The molecule has 1 N–H and O–H groups in total. The molecule has 1 aromatic carbocycles. The van der Waals surface area contributed by atoms with Crippen molar-refractivity contribution >= 4 is 0 Å². The van der Waals surface area contributed by atoms with Gasteiger partial charge in [-0.1, -0.05) is 39.8 Å². The number of rotatable bonds is 9. The predicted octanol–water partition coefficient (Wildman–Crippen LogP) is 4.05. The van der Waals surface area contributed by atoms with Crippen molar-refractivity contribution in [2.45, 2.75) is 47.2 Å². The van der Waals surface area contributed by atoms with Gasteiger partial charge in [-0.2, -0.15) is 0 Å². The minimum atomic E-state index is -0.0981. The highest BCUT2D eigenvalue weighted by atomic mass is 19.1. The van der Waals surface area contributed by atoms with Gasteiger partial charge >= 0.3 is 0 Å². The zero-order valence-corrected chi connectivity index (χ0v) is 14.2. The topological polar surface area (TPSA) is 15.3 Å². The smallest absolute Gasteiger partial charge is 0.127 e. The summed E-state index contributed by atoms with van der Waals surface area (Å²) in [7, 11) is 2.06. The highest BCUT2D eigenvalue weighted by Gasteiger charge is 2.08. The Morgan fingerprint density at radius 3 is 2.48 bits per heavy atom. The van der Waals surface area contributed by atoms with Gasteiger partial charge in [-0.25, -0.2) is 4.39 Å². The highest BCUT2D eigenvalue weighted by molar-refractivity contribution is 5.25. The van der Waals surface area contributed by atoms with Crippen LogP contribution in [0.15, 0.2) is 18.2 Å². The first-order valence-electron chi connectivity index (χ1n) is 8.05. The number of hydrogen-bond acceptors (Lipinski definition) is 2. The first kappa shape index (κ1) is 18.1. The fourth-order valence-electron chi connectivity index (χ4n) is 2.21. The molecule has 0 aromatic heterocycles. The average molecular weight is 294 g/mol. The van der Waals surface area contributed by atoms with Crippen LogP contribution >= 0.6 is 0 Å². The molecule has 1 aromatic rings. The summed E-state index contributed by atoms with van der Waals surface area (Å²) in [5.74, 6) is 1.22. The van der Waals surface area contributed by atoms with Crippen LogP contribution in [0.5, 0.6) is 0 Å². The summed E-state index contributed by atoms with van der Waals surface area (Å²) in [6.07, 6.45) is 1.15. The van der Waals surface area contributed by atoms with Gasteiger partial charge in [0.05, 0.1) is 0 Å². The molecule has 2 nitrogen and oxygen atoms in total. The van der Waals surface area contributed by atoms with Crippen LogP contribution in [-0.2, 0) is 13.1 Å².